The van der Waals surface area contributed by atoms with Crippen molar-refractivity contribution in [3.63, 3.8) is 0 Å². The second kappa shape index (κ2) is 9.73. The van der Waals surface area contributed by atoms with Gasteiger partial charge in [-0.1, -0.05) is 12.1 Å². The molecule has 1 fully saturated rings. The van der Waals surface area contributed by atoms with Gasteiger partial charge in [-0.2, -0.15) is 8.78 Å². The number of halogens is 3. The molecule has 0 atom stereocenters. The zero-order chi connectivity index (χ0) is 21.6. The predicted octanol–water partition coefficient (Wildman–Crippen LogP) is 6.48. The van der Waals surface area contributed by atoms with Gasteiger partial charge in [-0.15, -0.1) is 0 Å². The number of nitrogens with zero attached hydrogens (tertiary/aromatic N) is 2. The van der Waals surface area contributed by atoms with E-state index in [-0.39, 0.29) is 23.4 Å². The first-order valence-electron chi connectivity index (χ1n) is 10.3. The highest BCUT2D eigenvalue weighted by molar-refractivity contribution is 5.66. The number of anilines is 2. The maximum atomic E-state index is 14.0. The lowest BCUT2D eigenvalue weighted by Gasteiger charge is -2.27. The molecule has 1 aromatic heterocycles. The van der Waals surface area contributed by atoms with Gasteiger partial charge in [0.1, 0.15) is 5.82 Å². The highest BCUT2D eigenvalue weighted by atomic mass is 19.3. The van der Waals surface area contributed by atoms with Gasteiger partial charge in [0.2, 0.25) is 0 Å². The highest BCUT2D eigenvalue weighted by Crippen LogP contribution is 2.38. The minimum Gasteiger partial charge on any atom is -0.486 e. The van der Waals surface area contributed by atoms with Gasteiger partial charge in [-0.3, -0.25) is 4.98 Å². The minimum absolute atomic E-state index is 0.00813. The number of rotatable bonds is 8. The molecular weight excluding hydrogens is 405 g/mol. The normalized spacial score (nSPS) is 14.1. The molecule has 3 aromatic rings. The Balaban J connectivity index is 1.72. The average Bonchev–Trinajstić information content (AvgIpc) is 3.27. The molecule has 0 bridgehead atoms. The Morgan fingerprint density at radius 1 is 0.968 bits per heavy atom. The number of hydrogen-bond donors (Lipinski definition) is 0. The summed E-state index contributed by atoms with van der Waals surface area (Å²) in [5.74, 6) is -0.114. The van der Waals surface area contributed by atoms with E-state index < -0.39 is 6.61 Å². The smallest absolute Gasteiger partial charge is 0.387 e. The first-order valence-corrected chi connectivity index (χ1v) is 10.3. The molecule has 1 heterocycles. The van der Waals surface area contributed by atoms with Crippen LogP contribution in [0.1, 0.15) is 31.2 Å². The molecule has 7 heteroatoms. The van der Waals surface area contributed by atoms with Crippen LogP contribution < -0.4 is 14.4 Å². The molecule has 0 spiro atoms. The van der Waals surface area contributed by atoms with E-state index in [0.717, 1.165) is 31.2 Å². The Kier molecular flexibility index (Phi) is 6.60. The van der Waals surface area contributed by atoms with Crippen LogP contribution in [-0.2, 0) is 6.54 Å². The summed E-state index contributed by atoms with van der Waals surface area (Å²) in [6, 6.07) is 14.8. The zero-order valence-corrected chi connectivity index (χ0v) is 16.9. The summed E-state index contributed by atoms with van der Waals surface area (Å²) >= 11 is 0. The van der Waals surface area contributed by atoms with Crippen molar-refractivity contribution in [3.05, 3.63) is 78.4 Å². The van der Waals surface area contributed by atoms with E-state index in [1.807, 2.05) is 17.0 Å². The molecule has 0 aliphatic heterocycles. The van der Waals surface area contributed by atoms with Gasteiger partial charge < -0.3 is 14.4 Å². The van der Waals surface area contributed by atoms with Crippen molar-refractivity contribution in [3.8, 4) is 11.5 Å². The van der Waals surface area contributed by atoms with Gasteiger partial charge in [0.15, 0.2) is 11.5 Å². The molecule has 0 amide bonds. The molecule has 2 aromatic carbocycles. The van der Waals surface area contributed by atoms with E-state index in [0.29, 0.717) is 17.9 Å². The summed E-state index contributed by atoms with van der Waals surface area (Å²) in [5, 5.41) is 0. The Hall–Kier alpha value is -3.22. The fourth-order valence-corrected chi connectivity index (χ4v) is 3.79. The quantitative estimate of drug-likeness (QED) is 0.411. The van der Waals surface area contributed by atoms with Gasteiger partial charge >= 0.3 is 6.61 Å². The predicted molar refractivity (Wildman–Crippen MR) is 112 cm³/mol. The lowest BCUT2D eigenvalue weighted by atomic mass is 10.1. The SMILES string of the molecule is Fc1cccc(N(Cc2cccnc2)c2ccc(OC(F)F)c(OC3CCCC3)c2)c1. The van der Waals surface area contributed by atoms with Crippen LogP contribution in [0.15, 0.2) is 67.0 Å². The molecule has 0 unspecified atom stereocenters. The topological polar surface area (TPSA) is 34.6 Å². The summed E-state index contributed by atoms with van der Waals surface area (Å²) in [6.45, 7) is -2.54. The fraction of sp³-hybridized carbons (Fsp3) is 0.292. The standard InChI is InChI=1S/C24H23F3N2O2/c25-18-6-3-7-19(13-18)29(16-17-5-4-12-28-15-17)20-10-11-22(31-24(26)27)23(14-20)30-21-8-1-2-9-21/h3-7,10-15,21,24H,1-2,8-9,16H2. The van der Waals surface area contributed by atoms with Crippen LogP contribution in [0.4, 0.5) is 24.5 Å². The van der Waals surface area contributed by atoms with Crippen LogP contribution in [0.25, 0.3) is 0 Å². The van der Waals surface area contributed by atoms with Crippen molar-refractivity contribution in [2.75, 3.05) is 4.90 Å². The first kappa shape index (κ1) is 21.0. The lowest BCUT2D eigenvalue weighted by molar-refractivity contribution is -0.0520. The number of hydrogen-bond acceptors (Lipinski definition) is 4. The number of ether oxygens (including phenoxy) is 2. The number of aromatic nitrogens is 1. The van der Waals surface area contributed by atoms with Crippen LogP contribution in [0.5, 0.6) is 11.5 Å². The van der Waals surface area contributed by atoms with E-state index in [1.54, 1.807) is 36.7 Å². The minimum atomic E-state index is -2.95. The number of pyridine rings is 1. The van der Waals surface area contributed by atoms with E-state index >= 15 is 0 Å². The van der Waals surface area contributed by atoms with E-state index in [9.17, 15) is 13.2 Å². The van der Waals surface area contributed by atoms with Crippen molar-refractivity contribution in [2.24, 2.45) is 0 Å². The summed E-state index contributed by atoms with van der Waals surface area (Å²) in [4.78, 5) is 6.03. The average molecular weight is 428 g/mol. The maximum Gasteiger partial charge on any atom is 0.387 e. The summed E-state index contributed by atoms with van der Waals surface area (Å²) in [5.41, 5.74) is 2.21. The second-order valence-corrected chi connectivity index (χ2v) is 7.46. The van der Waals surface area contributed by atoms with Crippen molar-refractivity contribution in [2.45, 2.75) is 44.9 Å². The Morgan fingerprint density at radius 2 is 1.77 bits per heavy atom. The van der Waals surface area contributed by atoms with Gasteiger partial charge in [0.25, 0.3) is 0 Å². The van der Waals surface area contributed by atoms with E-state index in [4.69, 9.17) is 4.74 Å². The van der Waals surface area contributed by atoms with Crippen molar-refractivity contribution in [1.82, 2.24) is 4.98 Å². The molecular formula is C24H23F3N2O2. The van der Waals surface area contributed by atoms with Crippen molar-refractivity contribution < 1.29 is 22.6 Å². The molecule has 4 rings (SSSR count). The Morgan fingerprint density at radius 3 is 2.48 bits per heavy atom. The number of alkyl halides is 2. The summed E-state index contributed by atoms with van der Waals surface area (Å²) in [6.07, 6.45) is 7.23. The van der Waals surface area contributed by atoms with Crippen molar-refractivity contribution in [1.29, 1.82) is 0 Å². The van der Waals surface area contributed by atoms with Gasteiger partial charge in [-0.05, 0) is 67.6 Å². The lowest BCUT2D eigenvalue weighted by Crippen LogP contribution is -2.18. The largest absolute Gasteiger partial charge is 0.486 e. The van der Waals surface area contributed by atoms with Crippen LogP contribution in [0, 0.1) is 5.82 Å². The fourth-order valence-electron chi connectivity index (χ4n) is 3.79. The third-order valence-corrected chi connectivity index (χ3v) is 5.23. The van der Waals surface area contributed by atoms with Crippen LogP contribution in [0.2, 0.25) is 0 Å². The van der Waals surface area contributed by atoms with Crippen LogP contribution in [0.3, 0.4) is 0 Å². The highest BCUT2D eigenvalue weighted by Gasteiger charge is 2.22. The third kappa shape index (κ3) is 5.48. The Labute approximate surface area is 179 Å². The molecule has 1 aliphatic carbocycles. The molecule has 0 N–H and O–H groups in total. The molecule has 31 heavy (non-hydrogen) atoms. The van der Waals surface area contributed by atoms with Crippen LogP contribution >= 0.6 is 0 Å². The first-order chi connectivity index (χ1) is 15.1. The molecule has 0 saturated heterocycles. The zero-order valence-electron chi connectivity index (χ0n) is 16.9. The maximum absolute atomic E-state index is 14.0. The molecule has 4 nitrogen and oxygen atoms in total. The summed E-state index contributed by atoms with van der Waals surface area (Å²) < 4.78 is 50.6. The third-order valence-electron chi connectivity index (χ3n) is 5.23. The Bertz CT molecular complexity index is 995. The molecule has 162 valence electrons. The van der Waals surface area contributed by atoms with Gasteiger partial charge in [-0.25, -0.2) is 4.39 Å². The van der Waals surface area contributed by atoms with Crippen molar-refractivity contribution >= 4 is 11.4 Å². The van der Waals surface area contributed by atoms with Gasteiger partial charge in [0.05, 0.1) is 6.10 Å². The molecule has 0 radical (unpaired) electrons. The second-order valence-electron chi connectivity index (χ2n) is 7.46. The number of benzene rings is 2. The van der Waals surface area contributed by atoms with Gasteiger partial charge in [0, 0.05) is 36.4 Å². The van der Waals surface area contributed by atoms with E-state index in [2.05, 4.69) is 9.72 Å². The molecule has 1 saturated carbocycles. The monoisotopic (exact) mass is 428 g/mol. The van der Waals surface area contributed by atoms with Crippen LogP contribution in [-0.4, -0.2) is 17.7 Å². The molecule has 1 aliphatic rings. The summed E-state index contributed by atoms with van der Waals surface area (Å²) in [7, 11) is 0. The van der Waals surface area contributed by atoms with E-state index in [1.165, 1.54) is 18.2 Å².